The highest BCUT2D eigenvalue weighted by atomic mass is 32.2. The van der Waals surface area contributed by atoms with E-state index in [9.17, 15) is 21.6 Å². The topological polar surface area (TPSA) is 63.4 Å². The van der Waals surface area contributed by atoms with Gasteiger partial charge in [0.1, 0.15) is 0 Å². The van der Waals surface area contributed by atoms with Gasteiger partial charge in [0, 0.05) is 13.0 Å². The van der Waals surface area contributed by atoms with E-state index in [4.69, 9.17) is 5.73 Å². The fraction of sp³-hybridized carbons (Fsp3) is 1.00. The first-order valence-electron chi connectivity index (χ1n) is 5.04. The zero-order valence-corrected chi connectivity index (χ0v) is 9.52. The maximum atomic E-state index is 11.9. The minimum atomic E-state index is -4.30. The average molecular weight is 260 g/mol. The standard InChI is InChI=1S/C8H15F3N2O2S/c9-8(10,11)4-2-6-16(14,15)13-5-1-3-7(13)12/h7H,1-6,12H2. The molecule has 96 valence electrons. The third-order valence-electron chi connectivity index (χ3n) is 2.47. The Bertz CT molecular complexity index is 329. The van der Waals surface area contributed by atoms with Gasteiger partial charge in [0.05, 0.1) is 11.9 Å². The molecule has 0 aromatic carbocycles. The Kier molecular flexibility index (Phi) is 4.19. The number of nitrogens with zero attached hydrogens (tertiary/aromatic N) is 1. The zero-order chi connectivity index (χ0) is 12.4. The van der Waals surface area contributed by atoms with Crippen molar-refractivity contribution in [3.05, 3.63) is 0 Å². The van der Waals surface area contributed by atoms with Crippen molar-refractivity contribution < 1.29 is 21.6 Å². The maximum absolute atomic E-state index is 11.9. The summed E-state index contributed by atoms with van der Waals surface area (Å²) >= 11 is 0. The predicted molar refractivity (Wildman–Crippen MR) is 53.0 cm³/mol. The molecule has 1 aliphatic rings. The fourth-order valence-corrected chi connectivity index (χ4v) is 3.35. The van der Waals surface area contributed by atoms with E-state index in [-0.39, 0.29) is 0 Å². The summed E-state index contributed by atoms with van der Waals surface area (Å²) in [7, 11) is -3.62. The molecule has 1 saturated heterocycles. The lowest BCUT2D eigenvalue weighted by atomic mass is 10.3. The van der Waals surface area contributed by atoms with E-state index < -0.39 is 41.0 Å². The van der Waals surface area contributed by atoms with Crippen LogP contribution in [-0.2, 0) is 10.0 Å². The first-order chi connectivity index (χ1) is 7.22. The molecular formula is C8H15F3N2O2S. The summed E-state index contributed by atoms with van der Waals surface area (Å²) in [6.07, 6.45) is -5.12. The normalized spacial score (nSPS) is 23.9. The number of hydrogen-bond donors (Lipinski definition) is 1. The molecule has 0 spiro atoms. The summed E-state index contributed by atoms with van der Waals surface area (Å²) in [4.78, 5) is 0. The lowest BCUT2D eigenvalue weighted by Gasteiger charge is -2.20. The van der Waals surface area contributed by atoms with Crippen LogP contribution in [0.25, 0.3) is 0 Å². The Hall–Kier alpha value is -0.340. The van der Waals surface area contributed by atoms with Crippen LogP contribution in [0.2, 0.25) is 0 Å². The molecule has 1 heterocycles. The molecule has 0 saturated carbocycles. The second-order valence-corrected chi connectivity index (χ2v) is 5.90. The number of rotatable bonds is 4. The van der Waals surface area contributed by atoms with Gasteiger partial charge in [-0.2, -0.15) is 17.5 Å². The molecule has 1 atom stereocenters. The molecule has 0 bridgehead atoms. The summed E-state index contributed by atoms with van der Waals surface area (Å²) in [5, 5.41) is 0. The van der Waals surface area contributed by atoms with Gasteiger partial charge in [-0.15, -0.1) is 0 Å². The highest BCUT2D eigenvalue weighted by Crippen LogP contribution is 2.23. The Morgan fingerprint density at radius 2 is 2.00 bits per heavy atom. The van der Waals surface area contributed by atoms with E-state index in [1.165, 1.54) is 0 Å². The molecule has 0 amide bonds. The molecule has 2 N–H and O–H groups in total. The van der Waals surface area contributed by atoms with Crippen LogP contribution in [0.4, 0.5) is 13.2 Å². The first kappa shape index (κ1) is 13.7. The molecule has 0 radical (unpaired) electrons. The van der Waals surface area contributed by atoms with Crippen LogP contribution in [-0.4, -0.2) is 37.4 Å². The summed E-state index contributed by atoms with van der Waals surface area (Å²) in [5.41, 5.74) is 5.55. The van der Waals surface area contributed by atoms with E-state index in [0.717, 1.165) is 4.31 Å². The first-order valence-corrected chi connectivity index (χ1v) is 6.65. The number of nitrogens with two attached hydrogens (primary N) is 1. The Labute approximate surface area is 92.6 Å². The Morgan fingerprint density at radius 1 is 1.38 bits per heavy atom. The second-order valence-electron chi connectivity index (χ2n) is 3.86. The van der Waals surface area contributed by atoms with Crippen molar-refractivity contribution in [3.8, 4) is 0 Å². The molecule has 1 rings (SSSR count). The van der Waals surface area contributed by atoms with E-state index in [1.54, 1.807) is 0 Å². The minimum absolute atomic E-state index is 0.315. The van der Waals surface area contributed by atoms with Crippen LogP contribution in [0.15, 0.2) is 0 Å². The monoisotopic (exact) mass is 260 g/mol. The lowest BCUT2D eigenvalue weighted by Crippen LogP contribution is -2.42. The molecule has 4 nitrogen and oxygen atoms in total. The summed E-state index contributed by atoms with van der Waals surface area (Å²) in [6, 6.07) is 0. The predicted octanol–water partition coefficient (Wildman–Crippen LogP) is 1.04. The van der Waals surface area contributed by atoms with Crippen LogP contribution in [0.1, 0.15) is 25.7 Å². The quantitative estimate of drug-likeness (QED) is 0.821. The van der Waals surface area contributed by atoms with Crippen molar-refractivity contribution in [1.29, 1.82) is 0 Å². The van der Waals surface area contributed by atoms with Crippen LogP contribution >= 0.6 is 0 Å². The Balaban J connectivity index is 2.46. The molecule has 0 aromatic rings. The van der Waals surface area contributed by atoms with Gasteiger partial charge in [-0.1, -0.05) is 0 Å². The van der Waals surface area contributed by atoms with Crippen molar-refractivity contribution in [2.75, 3.05) is 12.3 Å². The van der Waals surface area contributed by atoms with Gasteiger partial charge in [-0.25, -0.2) is 8.42 Å². The molecule has 1 aliphatic heterocycles. The van der Waals surface area contributed by atoms with Gasteiger partial charge in [0.2, 0.25) is 10.0 Å². The second kappa shape index (κ2) is 4.89. The van der Waals surface area contributed by atoms with Crippen molar-refractivity contribution in [3.63, 3.8) is 0 Å². The van der Waals surface area contributed by atoms with Gasteiger partial charge in [0.15, 0.2) is 0 Å². The number of halogens is 3. The van der Waals surface area contributed by atoms with Crippen LogP contribution in [0.3, 0.4) is 0 Å². The van der Waals surface area contributed by atoms with Crippen LogP contribution in [0, 0.1) is 0 Å². The van der Waals surface area contributed by atoms with Gasteiger partial charge in [0.25, 0.3) is 0 Å². The summed E-state index contributed by atoms with van der Waals surface area (Å²) in [6.45, 7) is 0.315. The largest absolute Gasteiger partial charge is 0.389 e. The fourth-order valence-electron chi connectivity index (χ4n) is 1.68. The van der Waals surface area contributed by atoms with Crippen molar-refractivity contribution in [1.82, 2.24) is 4.31 Å². The molecule has 8 heteroatoms. The van der Waals surface area contributed by atoms with E-state index in [1.807, 2.05) is 0 Å². The van der Waals surface area contributed by atoms with Crippen molar-refractivity contribution in [2.24, 2.45) is 5.73 Å². The van der Waals surface area contributed by atoms with Gasteiger partial charge < -0.3 is 5.73 Å². The molecule has 1 unspecified atom stereocenters. The third-order valence-corrected chi connectivity index (χ3v) is 4.44. The van der Waals surface area contributed by atoms with E-state index >= 15 is 0 Å². The number of sulfonamides is 1. The summed E-state index contributed by atoms with van der Waals surface area (Å²) < 4.78 is 59.9. The molecule has 0 aliphatic carbocycles. The Morgan fingerprint density at radius 3 is 2.44 bits per heavy atom. The van der Waals surface area contributed by atoms with Gasteiger partial charge in [-0.05, 0) is 19.3 Å². The van der Waals surface area contributed by atoms with Crippen molar-refractivity contribution in [2.45, 2.75) is 38.0 Å². The molecule has 0 aromatic heterocycles. The number of alkyl halides is 3. The van der Waals surface area contributed by atoms with E-state index in [0.29, 0.717) is 19.4 Å². The van der Waals surface area contributed by atoms with Gasteiger partial charge in [-0.3, -0.25) is 0 Å². The zero-order valence-electron chi connectivity index (χ0n) is 8.70. The van der Waals surface area contributed by atoms with E-state index in [2.05, 4.69) is 0 Å². The molecule has 16 heavy (non-hydrogen) atoms. The maximum Gasteiger partial charge on any atom is 0.389 e. The minimum Gasteiger partial charge on any atom is -0.315 e. The third kappa shape index (κ3) is 3.91. The van der Waals surface area contributed by atoms with Crippen molar-refractivity contribution >= 4 is 10.0 Å². The smallest absolute Gasteiger partial charge is 0.315 e. The highest BCUT2D eigenvalue weighted by molar-refractivity contribution is 7.89. The van der Waals surface area contributed by atoms with Gasteiger partial charge >= 0.3 is 6.18 Å². The highest BCUT2D eigenvalue weighted by Gasteiger charge is 2.33. The lowest BCUT2D eigenvalue weighted by molar-refractivity contribution is -0.134. The van der Waals surface area contributed by atoms with Crippen LogP contribution < -0.4 is 5.73 Å². The number of hydrogen-bond acceptors (Lipinski definition) is 3. The average Bonchev–Trinajstić information content (AvgIpc) is 2.48. The molecular weight excluding hydrogens is 245 g/mol. The SMILES string of the molecule is NC1CCCN1S(=O)(=O)CCCC(F)(F)F. The summed E-state index contributed by atoms with van der Waals surface area (Å²) in [5.74, 6) is -0.486. The van der Waals surface area contributed by atoms with Crippen LogP contribution in [0.5, 0.6) is 0 Å². The molecule has 1 fully saturated rings.